The van der Waals surface area contributed by atoms with Gasteiger partial charge in [-0.05, 0) is 25.5 Å². The Morgan fingerprint density at radius 2 is 2.15 bits per heavy atom. The number of rotatable bonds is 6. The Hall–Kier alpha value is -1.89. The molecule has 110 valence electrons. The predicted octanol–water partition coefficient (Wildman–Crippen LogP) is 0.668. The number of oxime groups is 1. The molecule has 0 bridgehead atoms. The Kier molecular flexibility index (Phi) is 6.17. The van der Waals surface area contributed by atoms with Gasteiger partial charge in [-0.1, -0.05) is 17.3 Å². The van der Waals surface area contributed by atoms with Crippen LogP contribution < -0.4 is 11.1 Å². The van der Waals surface area contributed by atoms with Crippen molar-refractivity contribution in [2.45, 2.75) is 19.4 Å². The van der Waals surface area contributed by atoms with Crippen LogP contribution in [0.15, 0.2) is 29.4 Å². The molecule has 0 aliphatic rings. The third-order valence-electron chi connectivity index (χ3n) is 2.74. The molecule has 0 fully saturated rings. The zero-order valence-electron chi connectivity index (χ0n) is 11.5. The maximum Gasteiger partial charge on any atom is 0.251 e. The van der Waals surface area contributed by atoms with E-state index in [0.29, 0.717) is 23.3 Å². The molecular weight excluding hydrogens is 278 g/mol. The SMILES string of the molecule is CC(CCS(C)=O)NC(=O)c1cccc(/C(N)=N/O)c1. The molecule has 0 aromatic heterocycles. The lowest BCUT2D eigenvalue weighted by atomic mass is 10.1. The fraction of sp³-hybridized carbons (Fsp3) is 0.385. The molecule has 4 N–H and O–H groups in total. The lowest BCUT2D eigenvalue weighted by Crippen LogP contribution is -2.33. The summed E-state index contributed by atoms with van der Waals surface area (Å²) in [6.07, 6.45) is 2.28. The number of nitrogens with two attached hydrogens (primary N) is 1. The van der Waals surface area contributed by atoms with Crippen LogP contribution in [0.4, 0.5) is 0 Å². The van der Waals surface area contributed by atoms with E-state index in [4.69, 9.17) is 10.9 Å². The van der Waals surface area contributed by atoms with Crippen LogP contribution in [0.25, 0.3) is 0 Å². The molecule has 0 radical (unpaired) electrons. The number of hydrogen-bond donors (Lipinski definition) is 3. The van der Waals surface area contributed by atoms with Gasteiger partial charge in [0.05, 0.1) is 0 Å². The smallest absolute Gasteiger partial charge is 0.251 e. The molecule has 0 saturated heterocycles. The summed E-state index contributed by atoms with van der Waals surface area (Å²) in [6.45, 7) is 1.86. The Labute approximate surface area is 120 Å². The van der Waals surface area contributed by atoms with E-state index in [-0.39, 0.29) is 17.8 Å². The fourth-order valence-corrected chi connectivity index (χ4v) is 2.29. The van der Waals surface area contributed by atoms with Gasteiger partial charge in [-0.15, -0.1) is 0 Å². The van der Waals surface area contributed by atoms with E-state index in [9.17, 15) is 9.00 Å². The van der Waals surface area contributed by atoms with Gasteiger partial charge in [-0.25, -0.2) is 0 Å². The number of amides is 1. The van der Waals surface area contributed by atoms with Crippen LogP contribution in [-0.2, 0) is 10.8 Å². The minimum Gasteiger partial charge on any atom is -0.409 e. The van der Waals surface area contributed by atoms with Crippen LogP contribution in [0.5, 0.6) is 0 Å². The van der Waals surface area contributed by atoms with E-state index >= 15 is 0 Å². The topological polar surface area (TPSA) is 105 Å². The number of hydrogen-bond acceptors (Lipinski definition) is 4. The minimum atomic E-state index is -0.868. The zero-order chi connectivity index (χ0) is 15.1. The minimum absolute atomic E-state index is 0.0471. The van der Waals surface area contributed by atoms with Gasteiger partial charge in [0, 0.05) is 40.0 Å². The second-order valence-electron chi connectivity index (χ2n) is 4.51. The van der Waals surface area contributed by atoms with Crippen LogP contribution in [0.3, 0.4) is 0 Å². The largest absolute Gasteiger partial charge is 0.409 e. The standard InChI is InChI=1S/C13H19N3O3S/c1-9(6-7-20(2)19)15-13(17)11-5-3-4-10(8-11)12(14)16-18/h3-5,8-9,18H,6-7H2,1-2H3,(H2,14,16)(H,15,17). The van der Waals surface area contributed by atoms with Crippen LogP contribution in [0.2, 0.25) is 0 Å². The molecule has 1 aromatic rings. The molecule has 0 spiro atoms. The van der Waals surface area contributed by atoms with Gasteiger partial charge in [0.15, 0.2) is 5.84 Å². The van der Waals surface area contributed by atoms with Gasteiger partial charge in [-0.2, -0.15) is 0 Å². The summed E-state index contributed by atoms with van der Waals surface area (Å²) in [6, 6.07) is 6.44. The molecule has 0 aliphatic heterocycles. The third-order valence-corrected chi connectivity index (χ3v) is 3.55. The summed E-state index contributed by atoms with van der Waals surface area (Å²) in [5.74, 6) is 0.257. The molecule has 0 heterocycles. The first-order valence-corrected chi connectivity index (χ1v) is 7.85. The van der Waals surface area contributed by atoms with Crippen molar-refractivity contribution in [1.82, 2.24) is 5.32 Å². The maximum absolute atomic E-state index is 12.0. The summed E-state index contributed by atoms with van der Waals surface area (Å²) >= 11 is 0. The number of carbonyl (C=O) groups is 1. The van der Waals surface area contributed by atoms with Crippen LogP contribution in [0.1, 0.15) is 29.3 Å². The Balaban J connectivity index is 2.70. The molecule has 7 heteroatoms. The predicted molar refractivity (Wildman–Crippen MR) is 79.4 cm³/mol. The van der Waals surface area contributed by atoms with Gasteiger partial charge in [-0.3, -0.25) is 9.00 Å². The van der Waals surface area contributed by atoms with Gasteiger partial charge in [0.25, 0.3) is 5.91 Å². The second-order valence-corrected chi connectivity index (χ2v) is 6.06. The highest BCUT2D eigenvalue weighted by atomic mass is 32.2. The van der Waals surface area contributed by atoms with Crippen molar-refractivity contribution >= 4 is 22.5 Å². The molecule has 0 saturated carbocycles. The quantitative estimate of drug-likeness (QED) is 0.310. The van der Waals surface area contributed by atoms with E-state index in [2.05, 4.69) is 10.5 Å². The highest BCUT2D eigenvalue weighted by Crippen LogP contribution is 2.06. The molecule has 1 rings (SSSR count). The van der Waals surface area contributed by atoms with Gasteiger partial charge in [0.1, 0.15) is 0 Å². The maximum atomic E-state index is 12.0. The van der Waals surface area contributed by atoms with Crippen molar-refractivity contribution in [3.05, 3.63) is 35.4 Å². The van der Waals surface area contributed by atoms with Gasteiger partial charge >= 0.3 is 0 Å². The lowest BCUT2D eigenvalue weighted by Gasteiger charge is -2.13. The van der Waals surface area contributed by atoms with Crippen molar-refractivity contribution in [3.63, 3.8) is 0 Å². The number of benzene rings is 1. The van der Waals surface area contributed by atoms with Crippen LogP contribution >= 0.6 is 0 Å². The monoisotopic (exact) mass is 297 g/mol. The van der Waals surface area contributed by atoms with E-state index in [1.807, 2.05) is 6.92 Å². The van der Waals surface area contributed by atoms with Gasteiger partial charge < -0.3 is 16.3 Å². The Morgan fingerprint density at radius 1 is 1.50 bits per heavy atom. The average Bonchev–Trinajstić information content (AvgIpc) is 2.44. The normalized spacial score (nSPS) is 14.6. The van der Waals surface area contributed by atoms with E-state index in [1.165, 1.54) is 0 Å². The summed E-state index contributed by atoms with van der Waals surface area (Å²) in [7, 11) is -0.868. The molecule has 2 atom stereocenters. The van der Waals surface area contributed by atoms with Crippen molar-refractivity contribution in [3.8, 4) is 0 Å². The second kappa shape index (κ2) is 7.64. The Bertz CT molecular complexity index is 531. The van der Waals surface area contributed by atoms with Crippen LogP contribution in [0, 0.1) is 0 Å². The molecular formula is C13H19N3O3S. The number of carbonyl (C=O) groups excluding carboxylic acids is 1. The van der Waals surface area contributed by atoms with Crippen molar-refractivity contribution in [2.24, 2.45) is 10.9 Å². The average molecular weight is 297 g/mol. The molecule has 2 unspecified atom stereocenters. The van der Waals surface area contributed by atoms with E-state index in [1.54, 1.807) is 30.5 Å². The van der Waals surface area contributed by atoms with Crippen molar-refractivity contribution < 1.29 is 14.2 Å². The van der Waals surface area contributed by atoms with E-state index in [0.717, 1.165) is 0 Å². The summed E-state index contributed by atoms with van der Waals surface area (Å²) in [4.78, 5) is 12.0. The Morgan fingerprint density at radius 3 is 2.75 bits per heavy atom. The first-order chi connectivity index (χ1) is 9.43. The third kappa shape index (κ3) is 5.00. The summed E-state index contributed by atoms with van der Waals surface area (Å²) < 4.78 is 11.0. The summed E-state index contributed by atoms with van der Waals surface area (Å²) in [5.41, 5.74) is 6.38. The number of nitrogens with zero attached hydrogens (tertiary/aromatic N) is 1. The molecule has 1 aromatic carbocycles. The van der Waals surface area contributed by atoms with Gasteiger partial charge in [0.2, 0.25) is 0 Å². The van der Waals surface area contributed by atoms with Crippen LogP contribution in [-0.4, -0.2) is 39.2 Å². The van der Waals surface area contributed by atoms with Crippen molar-refractivity contribution in [2.75, 3.05) is 12.0 Å². The molecule has 20 heavy (non-hydrogen) atoms. The zero-order valence-corrected chi connectivity index (χ0v) is 12.3. The lowest BCUT2D eigenvalue weighted by molar-refractivity contribution is 0.0939. The van der Waals surface area contributed by atoms with E-state index < -0.39 is 10.8 Å². The first kappa shape index (κ1) is 16.2. The molecule has 1 amide bonds. The first-order valence-electron chi connectivity index (χ1n) is 6.13. The fourth-order valence-electron chi connectivity index (χ4n) is 1.60. The molecule has 6 nitrogen and oxygen atoms in total. The summed E-state index contributed by atoms with van der Waals surface area (Å²) in [5, 5.41) is 14.3. The highest BCUT2D eigenvalue weighted by molar-refractivity contribution is 7.84. The van der Waals surface area contributed by atoms with Crippen molar-refractivity contribution in [1.29, 1.82) is 0 Å². The number of amidine groups is 1. The molecule has 0 aliphatic carbocycles. The number of nitrogens with one attached hydrogen (secondary N) is 1. The highest BCUT2D eigenvalue weighted by Gasteiger charge is 2.11.